The Labute approximate surface area is 124 Å². The lowest BCUT2D eigenvalue weighted by molar-refractivity contribution is 0.285. The molecule has 6 heteroatoms. The number of benzene rings is 2. The standard InChI is InChI=1S/C16H13NO5/c1-20-13-7-11-12(17-16(19)22-15(11)18)8-14(13)21-9-10-5-3-2-4-6-10/h2-8H,9H2,1H3,(H,17,19). The molecule has 6 nitrogen and oxygen atoms in total. The highest BCUT2D eigenvalue weighted by atomic mass is 16.5. The molecule has 0 fully saturated rings. The molecule has 0 radical (unpaired) electrons. The van der Waals surface area contributed by atoms with Gasteiger partial charge in [-0.05, 0) is 5.56 Å². The van der Waals surface area contributed by atoms with Crippen LogP contribution in [0.15, 0.2) is 56.5 Å². The molecule has 1 heterocycles. The van der Waals surface area contributed by atoms with Crippen molar-refractivity contribution in [3.05, 3.63) is 69.0 Å². The van der Waals surface area contributed by atoms with Crippen LogP contribution in [0.1, 0.15) is 5.56 Å². The minimum Gasteiger partial charge on any atom is -0.493 e. The number of methoxy groups -OCH3 is 1. The largest absolute Gasteiger partial charge is 0.493 e. The highest BCUT2D eigenvalue weighted by Gasteiger charge is 2.11. The van der Waals surface area contributed by atoms with E-state index in [0.717, 1.165) is 5.56 Å². The lowest BCUT2D eigenvalue weighted by atomic mass is 10.2. The van der Waals surface area contributed by atoms with Gasteiger partial charge in [0.1, 0.15) is 6.61 Å². The zero-order valence-electron chi connectivity index (χ0n) is 11.8. The Hall–Kier alpha value is -3.02. The molecule has 0 atom stereocenters. The minimum atomic E-state index is -0.809. The summed E-state index contributed by atoms with van der Waals surface area (Å²) in [6.07, 6.45) is 0. The first-order valence-corrected chi connectivity index (χ1v) is 6.59. The average molecular weight is 299 g/mol. The predicted octanol–water partition coefficient (Wildman–Crippen LogP) is 2.07. The van der Waals surface area contributed by atoms with E-state index < -0.39 is 11.4 Å². The summed E-state index contributed by atoms with van der Waals surface area (Å²) >= 11 is 0. The molecule has 0 spiro atoms. The van der Waals surface area contributed by atoms with Crippen LogP contribution in [0.2, 0.25) is 0 Å². The Kier molecular flexibility index (Phi) is 3.65. The first-order valence-electron chi connectivity index (χ1n) is 6.59. The van der Waals surface area contributed by atoms with E-state index in [2.05, 4.69) is 9.40 Å². The third kappa shape index (κ3) is 2.71. The quantitative estimate of drug-likeness (QED) is 0.797. The van der Waals surface area contributed by atoms with E-state index in [0.29, 0.717) is 23.6 Å². The van der Waals surface area contributed by atoms with Crippen molar-refractivity contribution < 1.29 is 13.9 Å². The Bertz CT molecular complexity index is 911. The first-order chi connectivity index (χ1) is 10.7. The maximum atomic E-state index is 11.7. The highest BCUT2D eigenvalue weighted by Crippen LogP contribution is 2.30. The average Bonchev–Trinajstić information content (AvgIpc) is 2.53. The van der Waals surface area contributed by atoms with E-state index in [1.807, 2.05) is 30.3 Å². The van der Waals surface area contributed by atoms with E-state index in [4.69, 9.17) is 9.47 Å². The Morgan fingerprint density at radius 1 is 1.09 bits per heavy atom. The maximum absolute atomic E-state index is 11.7. The summed E-state index contributed by atoms with van der Waals surface area (Å²) in [6, 6.07) is 12.7. The monoisotopic (exact) mass is 299 g/mol. The number of hydrogen-bond donors (Lipinski definition) is 1. The van der Waals surface area contributed by atoms with Gasteiger partial charge in [0.05, 0.1) is 18.0 Å². The second kappa shape index (κ2) is 5.77. The molecule has 22 heavy (non-hydrogen) atoms. The Morgan fingerprint density at radius 2 is 1.86 bits per heavy atom. The molecule has 0 unspecified atom stereocenters. The summed E-state index contributed by atoms with van der Waals surface area (Å²) in [7, 11) is 1.48. The molecule has 1 aromatic heterocycles. The van der Waals surface area contributed by atoms with Gasteiger partial charge in [0, 0.05) is 12.1 Å². The van der Waals surface area contributed by atoms with E-state index in [1.54, 1.807) is 6.07 Å². The number of aromatic amines is 1. The first kappa shape index (κ1) is 13.9. The van der Waals surface area contributed by atoms with E-state index >= 15 is 0 Å². The van der Waals surface area contributed by atoms with Crippen LogP contribution in [0.4, 0.5) is 0 Å². The van der Waals surface area contributed by atoms with Gasteiger partial charge in [0.15, 0.2) is 11.5 Å². The zero-order valence-corrected chi connectivity index (χ0v) is 11.8. The fraction of sp³-hybridized carbons (Fsp3) is 0.125. The van der Waals surface area contributed by atoms with Crippen molar-refractivity contribution in [2.24, 2.45) is 0 Å². The van der Waals surface area contributed by atoms with E-state index in [1.165, 1.54) is 13.2 Å². The molecular formula is C16H13NO5. The molecule has 0 aliphatic heterocycles. The molecule has 0 aliphatic rings. The number of H-pyrrole nitrogens is 1. The molecule has 0 amide bonds. The van der Waals surface area contributed by atoms with E-state index in [-0.39, 0.29) is 5.39 Å². The van der Waals surface area contributed by atoms with Crippen LogP contribution in [-0.4, -0.2) is 12.1 Å². The Balaban J connectivity index is 2.01. The maximum Gasteiger partial charge on any atom is 0.419 e. The third-order valence-corrected chi connectivity index (χ3v) is 3.18. The van der Waals surface area contributed by atoms with Crippen LogP contribution >= 0.6 is 0 Å². The summed E-state index contributed by atoms with van der Waals surface area (Å²) in [6.45, 7) is 0.342. The molecule has 3 rings (SSSR count). The van der Waals surface area contributed by atoms with Gasteiger partial charge in [-0.1, -0.05) is 30.3 Å². The highest BCUT2D eigenvalue weighted by molar-refractivity contribution is 5.81. The molecule has 0 saturated heterocycles. The van der Waals surface area contributed by atoms with Gasteiger partial charge >= 0.3 is 11.4 Å². The van der Waals surface area contributed by atoms with Crippen LogP contribution in [0.25, 0.3) is 10.9 Å². The van der Waals surface area contributed by atoms with Crippen molar-refractivity contribution in [1.82, 2.24) is 4.98 Å². The zero-order chi connectivity index (χ0) is 15.5. The SMILES string of the molecule is COc1cc2c(=O)oc(=O)[nH]c2cc1OCc1ccccc1. The fourth-order valence-electron chi connectivity index (χ4n) is 2.11. The van der Waals surface area contributed by atoms with Gasteiger partial charge in [0.2, 0.25) is 0 Å². The topological polar surface area (TPSA) is 81.5 Å². The lowest BCUT2D eigenvalue weighted by Gasteiger charge is -2.11. The normalized spacial score (nSPS) is 10.6. The number of ether oxygens (including phenoxy) is 2. The van der Waals surface area contributed by atoms with Gasteiger partial charge in [-0.3, -0.25) is 4.98 Å². The van der Waals surface area contributed by atoms with Crippen LogP contribution in [0.3, 0.4) is 0 Å². The van der Waals surface area contributed by atoms with Gasteiger partial charge in [-0.15, -0.1) is 0 Å². The van der Waals surface area contributed by atoms with Crippen LogP contribution in [0, 0.1) is 0 Å². The van der Waals surface area contributed by atoms with Crippen LogP contribution in [-0.2, 0) is 6.61 Å². The summed E-state index contributed by atoms with van der Waals surface area (Å²) < 4.78 is 15.4. The molecule has 0 bridgehead atoms. The summed E-state index contributed by atoms with van der Waals surface area (Å²) in [5.41, 5.74) is 0.613. The molecule has 3 aromatic rings. The number of nitrogens with one attached hydrogen (secondary N) is 1. The number of hydrogen-bond acceptors (Lipinski definition) is 5. The van der Waals surface area contributed by atoms with Crippen LogP contribution in [0.5, 0.6) is 11.5 Å². The molecule has 112 valence electrons. The second-order valence-electron chi connectivity index (χ2n) is 4.62. The lowest BCUT2D eigenvalue weighted by Crippen LogP contribution is -2.14. The predicted molar refractivity (Wildman–Crippen MR) is 80.4 cm³/mol. The van der Waals surface area contributed by atoms with Crippen LogP contribution < -0.4 is 20.9 Å². The van der Waals surface area contributed by atoms with Crippen molar-refractivity contribution in [1.29, 1.82) is 0 Å². The number of aromatic nitrogens is 1. The summed E-state index contributed by atoms with van der Waals surface area (Å²) in [5.74, 6) is 0.0135. The number of rotatable bonds is 4. The van der Waals surface area contributed by atoms with Crippen molar-refractivity contribution in [3.8, 4) is 11.5 Å². The molecule has 1 N–H and O–H groups in total. The second-order valence-corrected chi connectivity index (χ2v) is 4.62. The van der Waals surface area contributed by atoms with Crippen molar-refractivity contribution in [3.63, 3.8) is 0 Å². The van der Waals surface area contributed by atoms with E-state index in [9.17, 15) is 9.59 Å². The van der Waals surface area contributed by atoms with Crippen molar-refractivity contribution in [2.45, 2.75) is 6.61 Å². The molecule has 2 aromatic carbocycles. The summed E-state index contributed by atoms with van der Waals surface area (Å²) in [4.78, 5) is 25.4. The fourth-order valence-corrected chi connectivity index (χ4v) is 2.11. The molecule has 0 aliphatic carbocycles. The summed E-state index contributed by atoms with van der Waals surface area (Å²) in [5, 5.41) is 0.225. The van der Waals surface area contributed by atoms with Gasteiger partial charge in [-0.25, -0.2) is 9.59 Å². The smallest absolute Gasteiger partial charge is 0.419 e. The Morgan fingerprint density at radius 3 is 2.59 bits per heavy atom. The number of fused-ring (bicyclic) bond motifs is 1. The molecular weight excluding hydrogens is 286 g/mol. The van der Waals surface area contributed by atoms with Gasteiger partial charge < -0.3 is 13.9 Å². The van der Waals surface area contributed by atoms with Gasteiger partial charge in [0.25, 0.3) is 0 Å². The molecule has 0 saturated carbocycles. The minimum absolute atomic E-state index is 0.225. The third-order valence-electron chi connectivity index (χ3n) is 3.18. The van der Waals surface area contributed by atoms with Crippen molar-refractivity contribution in [2.75, 3.05) is 7.11 Å². The van der Waals surface area contributed by atoms with Crippen molar-refractivity contribution >= 4 is 10.9 Å². The van der Waals surface area contributed by atoms with Gasteiger partial charge in [-0.2, -0.15) is 0 Å².